The molecule has 0 radical (unpaired) electrons. The summed E-state index contributed by atoms with van der Waals surface area (Å²) >= 11 is 0. The van der Waals surface area contributed by atoms with Crippen LogP contribution in [0.1, 0.15) is 22.3 Å². The molecule has 184 valence electrons. The molecular formula is C24H24F4N6O. The van der Waals surface area contributed by atoms with E-state index in [1.807, 2.05) is 11.9 Å². The summed E-state index contributed by atoms with van der Waals surface area (Å²) in [5.74, 6) is -1.64. The van der Waals surface area contributed by atoms with Crippen LogP contribution in [-0.4, -0.2) is 54.0 Å². The van der Waals surface area contributed by atoms with Crippen LogP contribution in [0, 0.1) is 5.82 Å². The van der Waals surface area contributed by atoms with Crippen LogP contribution >= 0.6 is 0 Å². The Kier molecular flexibility index (Phi) is 6.62. The minimum atomic E-state index is -4.61. The Morgan fingerprint density at radius 1 is 1.14 bits per heavy atom. The van der Waals surface area contributed by atoms with Crippen molar-refractivity contribution < 1.29 is 22.4 Å². The molecule has 7 nitrogen and oxygen atoms in total. The number of halogens is 4. The molecule has 1 aliphatic heterocycles. The largest absolute Gasteiger partial charge is 0.416 e. The van der Waals surface area contributed by atoms with Crippen LogP contribution in [0.3, 0.4) is 0 Å². The van der Waals surface area contributed by atoms with E-state index in [2.05, 4.69) is 20.2 Å². The predicted octanol–water partition coefficient (Wildman–Crippen LogP) is 4.28. The number of amides is 1. The fourth-order valence-corrected chi connectivity index (χ4v) is 4.10. The third-order valence-corrected chi connectivity index (χ3v) is 6.08. The van der Waals surface area contributed by atoms with E-state index in [-0.39, 0.29) is 23.2 Å². The molecule has 2 heterocycles. The number of benzene rings is 2. The number of anilines is 3. The van der Waals surface area contributed by atoms with Gasteiger partial charge in [0.25, 0.3) is 5.91 Å². The van der Waals surface area contributed by atoms with Crippen molar-refractivity contribution in [3.05, 3.63) is 65.7 Å². The lowest BCUT2D eigenvalue weighted by Gasteiger charge is -2.29. The molecule has 2 aromatic carbocycles. The molecule has 1 atom stereocenters. The summed E-state index contributed by atoms with van der Waals surface area (Å²) in [5.41, 5.74) is 5.56. The molecule has 1 amide bonds. The minimum Gasteiger partial charge on any atom is -0.369 e. The van der Waals surface area contributed by atoms with Crippen LogP contribution in [0.2, 0.25) is 0 Å². The number of likely N-dealkylation sites (N-methyl/N-ethyl adjacent to an activating group) is 2. The summed E-state index contributed by atoms with van der Waals surface area (Å²) in [7, 11) is 3.73. The van der Waals surface area contributed by atoms with Gasteiger partial charge in [0.2, 0.25) is 5.95 Å². The number of alkyl halides is 3. The number of carbonyl (C=O) groups is 1. The molecule has 0 bridgehead atoms. The van der Waals surface area contributed by atoms with Crippen molar-refractivity contribution in [3.63, 3.8) is 0 Å². The molecular weight excluding hydrogens is 464 g/mol. The highest BCUT2D eigenvalue weighted by Crippen LogP contribution is 2.37. The maximum Gasteiger partial charge on any atom is 0.416 e. The van der Waals surface area contributed by atoms with Crippen LogP contribution < -0.4 is 16.0 Å². The third kappa shape index (κ3) is 5.35. The molecule has 1 unspecified atom stereocenters. The average Bonchev–Trinajstić information content (AvgIpc) is 3.25. The zero-order valence-corrected chi connectivity index (χ0v) is 19.1. The van der Waals surface area contributed by atoms with Crippen molar-refractivity contribution in [2.24, 2.45) is 0 Å². The molecule has 1 aromatic heterocycles. The van der Waals surface area contributed by atoms with Crippen molar-refractivity contribution in [2.75, 3.05) is 43.1 Å². The monoisotopic (exact) mass is 488 g/mol. The molecule has 3 aromatic rings. The first-order valence-electron chi connectivity index (χ1n) is 10.8. The van der Waals surface area contributed by atoms with Crippen molar-refractivity contribution in [1.29, 1.82) is 0 Å². The molecule has 0 saturated carbocycles. The van der Waals surface area contributed by atoms with Gasteiger partial charge in [0.05, 0.1) is 22.5 Å². The summed E-state index contributed by atoms with van der Waals surface area (Å²) in [5, 5.41) is 2.50. The highest BCUT2D eigenvalue weighted by atomic mass is 19.4. The Morgan fingerprint density at radius 3 is 2.49 bits per heavy atom. The second kappa shape index (κ2) is 9.49. The second-order valence-electron chi connectivity index (χ2n) is 8.52. The van der Waals surface area contributed by atoms with Gasteiger partial charge in [-0.15, -0.1) is 0 Å². The molecule has 11 heteroatoms. The van der Waals surface area contributed by atoms with E-state index in [1.54, 1.807) is 7.05 Å². The number of nitrogen functional groups attached to an aromatic ring is 1. The topological polar surface area (TPSA) is 87.4 Å². The van der Waals surface area contributed by atoms with Gasteiger partial charge < -0.3 is 20.9 Å². The Bertz CT molecular complexity index is 1230. The number of likely N-dealkylation sites (tertiary alicyclic amines) is 1. The molecule has 0 spiro atoms. The zero-order chi connectivity index (χ0) is 25.3. The summed E-state index contributed by atoms with van der Waals surface area (Å²) in [6.07, 6.45) is -0.933. The Labute approximate surface area is 199 Å². The molecule has 3 N–H and O–H groups in total. The summed E-state index contributed by atoms with van der Waals surface area (Å²) in [6.45, 7) is 1.58. The number of nitrogens with two attached hydrogens (primary N) is 1. The van der Waals surface area contributed by atoms with Crippen LogP contribution in [0.25, 0.3) is 11.1 Å². The van der Waals surface area contributed by atoms with Gasteiger partial charge in [0, 0.05) is 37.6 Å². The average molecular weight is 488 g/mol. The Balaban J connectivity index is 1.68. The van der Waals surface area contributed by atoms with Gasteiger partial charge in [-0.25, -0.2) is 14.4 Å². The molecule has 0 aliphatic carbocycles. The Morgan fingerprint density at radius 2 is 1.86 bits per heavy atom. The van der Waals surface area contributed by atoms with Crippen LogP contribution in [0.5, 0.6) is 0 Å². The molecule has 1 fully saturated rings. The van der Waals surface area contributed by atoms with Crippen LogP contribution in [-0.2, 0) is 6.18 Å². The van der Waals surface area contributed by atoms with E-state index in [0.29, 0.717) is 16.8 Å². The smallest absolute Gasteiger partial charge is 0.369 e. The van der Waals surface area contributed by atoms with Crippen LogP contribution in [0.15, 0.2) is 48.8 Å². The number of hydrogen-bond donors (Lipinski definition) is 2. The quantitative estimate of drug-likeness (QED) is 0.522. The number of carbonyl (C=O) groups excluding carboxylic acids is 1. The molecule has 1 saturated heterocycles. The first kappa shape index (κ1) is 24.4. The van der Waals surface area contributed by atoms with Gasteiger partial charge in [-0.05, 0) is 55.9 Å². The van der Waals surface area contributed by atoms with Crippen molar-refractivity contribution in [3.8, 4) is 11.1 Å². The van der Waals surface area contributed by atoms with Crippen molar-refractivity contribution in [2.45, 2.75) is 18.6 Å². The molecule has 1 aliphatic rings. The molecule has 35 heavy (non-hydrogen) atoms. The molecule has 4 rings (SSSR count). The van der Waals surface area contributed by atoms with Crippen molar-refractivity contribution in [1.82, 2.24) is 14.9 Å². The van der Waals surface area contributed by atoms with Gasteiger partial charge >= 0.3 is 6.18 Å². The summed E-state index contributed by atoms with van der Waals surface area (Å²) in [6, 6.07) is 7.07. The van der Waals surface area contributed by atoms with Gasteiger partial charge in [0.15, 0.2) is 0 Å². The standard InChI is InChI=1S/C24H24F4N6O/c1-33-8-7-17(13-33)34(2)21-6-4-16(24(26,27)28)10-20(21)32-22(35)18-9-14(3-5-19(18)25)15-11-30-23(29)31-12-15/h3-6,9-12,17H,7-8,13H2,1-2H3,(H,32,35)(H2,29,30,31). The maximum absolute atomic E-state index is 14.6. The Hall–Kier alpha value is -3.73. The van der Waals surface area contributed by atoms with E-state index in [4.69, 9.17) is 5.73 Å². The fourth-order valence-electron chi connectivity index (χ4n) is 4.10. The number of aromatic nitrogens is 2. The van der Waals surface area contributed by atoms with Gasteiger partial charge in [-0.3, -0.25) is 4.79 Å². The lowest BCUT2D eigenvalue weighted by molar-refractivity contribution is -0.137. The number of nitrogens with zero attached hydrogens (tertiary/aromatic N) is 4. The lowest BCUT2D eigenvalue weighted by Crippen LogP contribution is -2.34. The second-order valence-corrected chi connectivity index (χ2v) is 8.52. The SMILES string of the molecule is CN1CCC(N(C)c2ccc(C(F)(F)F)cc2NC(=O)c2cc(-c3cnc(N)nc3)ccc2F)C1. The normalized spacial score (nSPS) is 16.3. The first-order chi connectivity index (χ1) is 16.5. The van der Waals surface area contributed by atoms with Gasteiger partial charge in [-0.2, -0.15) is 13.2 Å². The minimum absolute atomic E-state index is 0.0532. The van der Waals surface area contributed by atoms with E-state index in [0.717, 1.165) is 37.7 Å². The maximum atomic E-state index is 14.6. The number of rotatable bonds is 5. The van der Waals surface area contributed by atoms with E-state index in [9.17, 15) is 22.4 Å². The van der Waals surface area contributed by atoms with E-state index >= 15 is 0 Å². The first-order valence-corrected chi connectivity index (χ1v) is 10.8. The fraction of sp³-hybridized carbons (Fsp3) is 0.292. The number of nitrogens with one attached hydrogen (secondary N) is 1. The van der Waals surface area contributed by atoms with Gasteiger partial charge in [-0.1, -0.05) is 6.07 Å². The van der Waals surface area contributed by atoms with E-state index in [1.165, 1.54) is 30.6 Å². The van der Waals surface area contributed by atoms with Gasteiger partial charge in [0.1, 0.15) is 5.82 Å². The van der Waals surface area contributed by atoms with Crippen molar-refractivity contribution >= 4 is 23.2 Å². The lowest BCUT2D eigenvalue weighted by atomic mass is 10.0. The predicted molar refractivity (Wildman–Crippen MR) is 126 cm³/mol. The highest BCUT2D eigenvalue weighted by molar-refractivity contribution is 6.06. The number of hydrogen-bond acceptors (Lipinski definition) is 6. The highest BCUT2D eigenvalue weighted by Gasteiger charge is 2.33. The van der Waals surface area contributed by atoms with E-state index < -0.39 is 23.5 Å². The summed E-state index contributed by atoms with van der Waals surface area (Å²) < 4.78 is 54.9. The van der Waals surface area contributed by atoms with Crippen LogP contribution in [0.4, 0.5) is 34.9 Å². The zero-order valence-electron chi connectivity index (χ0n) is 19.1. The summed E-state index contributed by atoms with van der Waals surface area (Å²) in [4.78, 5) is 24.8. The third-order valence-electron chi connectivity index (χ3n) is 6.08.